The lowest BCUT2D eigenvalue weighted by atomic mass is 10.1. The highest BCUT2D eigenvalue weighted by Gasteiger charge is 2.30. The van der Waals surface area contributed by atoms with Gasteiger partial charge in [0.2, 0.25) is 0 Å². The van der Waals surface area contributed by atoms with Gasteiger partial charge in [0.05, 0.1) is 0 Å². The van der Waals surface area contributed by atoms with Gasteiger partial charge in [-0.1, -0.05) is 41.9 Å². The van der Waals surface area contributed by atoms with Crippen molar-refractivity contribution < 1.29 is 9.53 Å². The van der Waals surface area contributed by atoms with Crippen molar-refractivity contribution in [2.24, 2.45) is 5.92 Å². The second-order valence-electron chi connectivity index (χ2n) is 8.42. The molecule has 2 aromatic carbocycles. The summed E-state index contributed by atoms with van der Waals surface area (Å²) >= 11 is 6.08. The van der Waals surface area contributed by atoms with Crippen LogP contribution in [0.2, 0.25) is 5.02 Å². The Labute approximate surface area is 173 Å². The first kappa shape index (κ1) is 20.5. The molecule has 150 valence electrons. The van der Waals surface area contributed by atoms with Crippen LogP contribution in [0.25, 0.3) is 0 Å². The maximum Gasteiger partial charge on any atom is 0.410 e. The zero-order chi connectivity index (χ0) is 20.1. The van der Waals surface area contributed by atoms with Gasteiger partial charge in [-0.2, -0.15) is 0 Å². The van der Waals surface area contributed by atoms with E-state index in [9.17, 15) is 4.79 Å². The number of anilines is 1. The van der Waals surface area contributed by atoms with Crippen LogP contribution in [0.4, 0.5) is 10.5 Å². The number of likely N-dealkylation sites (tertiary alicyclic amines) is 1. The maximum atomic E-state index is 12.4. The molecule has 0 aromatic heterocycles. The second-order valence-corrected chi connectivity index (χ2v) is 8.86. The SMILES string of the molecule is CC(C)(C)OC(=O)N1CC[C@H](CN(Cc2ccccc2)c2ccc(Cl)cc2)C1. The van der Waals surface area contributed by atoms with E-state index in [4.69, 9.17) is 16.3 Å². The first-order chi connectivity index (χ1) is 13.3. The number of amides is 1. The minimum absolute atomic E-state index is 0.212. The highest BCUT2D eigenvalue weighted by Crippen LogP contribution is 2.25. The minimum Gasteiger partial charge on any atom is -0.444 e. The molecule has 1 atom stereocenters. The average Bonchev–Trinajstić information content (AvgIpc) is 3.10. The Balaban J connectivity index is 1.68. The van der Waals surface area contributed by atoms with E-state index in [1.165, 1.54) is 5.56 Å². The fraction of sp³-hybridized carbons (Fsp3) is 0.435. The predicted molar refractivity (Wildman–Crippen MR) is 115 cm³/mol. The second kappa shape index (κ2) is 8.87. The molecule has 1 fully saturated rings. The molecule has 0 radical (unpaired) electrons. The Bertz CT molecular complexity index is 771. The zero-order valence-corrected chi connectivity index (χ0v) is 17.7. The van der Waals surface area contributed by atoms with Crippen molar-refractivity contribution in [3.63, 3.8) is 0 Å². The first-order valence-electron chi connectivity index (χ1n) is 9.82. The predicted octanol–water partition coefficient (Wildman–Crippen LogP) is 5.60. The summed E-state index contributed by atoms with van der Waals surface area (Å²) in [6.07, 6.45) is 0.772. The molecular formula is C23H29ClN2O2. The summed E-state index contributed by atoms with van der Waals surface area (Å²) in [5.41, 5.74) is 1.95. The van der Waals surface area contributed by atoms with E-state index >= 15 is 0 Å². The van der Waals surface area contributed by atoms with Crippen LogP contribution in [-0.2, 0) is 11.3 Å². The van der Waals surface area contributed by atoms with Gasteiger partial charge in [0.25, 0.3) is 0 Å². The Kier molecular flexibility index (Phi) is 6.50. The van der Waals surface area contributed by atoms with Crippen molar-refractivity contribution in [3.8, 4) is 0 Å². The molecule has 1 aliphatic rings. The van der Waals surface area contributed by atoms with E-state index < -0.39 is 5.60 Å². The number of ether oxygens (including phenoxy) is 1. The largest absolute Gasteiger partial charge is 0.444 e. The molecule has 1 heterocycles. The maximum absolute atomic E-state index is 12.4. The average molecular weight is 401 g/mol. The number of benzene rings is 2. The summed E-state index contributed by atoms with van der Waals surface area (Å²) in [6, 6.07) is 18.4. The minimum atomic E-state index is -0.460. The van der Waals surface area contributed by atoms with Crippen LogP contribution in [0.15, 0.2) is 54.6 Å². The smallest absolute Gasteiger partial charge is 0.410 e. The first-order valence-corrected chi connectivity index (χ1v) is 10.2. The summed E-state index contributed by atoms with van der Waals surface area (Å²) in [5, 5.41) is 0.736. The van der Waals surface area contributed by atoms with Gasteiger partial charge < -0.3 is 14.5 Å². The lowest BCUT2D eigenvalue weighted by Crippen LogP contribution is -2.36. The Morgan fingerprint density at radius 3 is 2.46 bits per heavy atom. The molecule has 0 saturated carbocycles. The normalized spacial score (nSPS) is 16.9. The number of nitrogens with zero attached hydrogens (tertiary/aromatic N) is 2. The molecule has 1 amide bonds. The number of hydrogen-bond acceptors (Lipinski definition) is 3. The van der Waals surface area contributed by atoms with Crippen molar-refractivity contribution in [2.45, 2.75) is 39.3 Å². The summed E-state index contributed by atoms with van der Waals surface area (Å²) in [4.78, 5) is 16.6. The molecule has 4 nitrogen and oxygen atoms in total. The van der Waals surface area contributed by atoms with Crippen LogP contribution in [0.3, 0.4) is 0 Å². The Hall–Kier alpha value is -2.20. The molecular weight excluding hydrogens is 372 g/mol. The van der Waals surface area contributed by atoms with E-state index in [0.29, 0.717) is 5.92 Å². The monoisotopic (exact) mass is 400 g/mol. The summed E-state index contributed by atoms with van der Waals surface area (Å²) < 4.78 is 5.53. The van der Waals surface area contributed by atoms with Gasteiger partial charge >= 0.3 is 6.09 Å². The summed E-state index contributed by atoms with van der Waals surface area (Å²) in [7, 11) is 0. The third-order valence-corrected chi connectivity index (χ3v) is 5.08. The van der Waals surface area contributed by atoms with Crippen LogP contribution in [-0.4, -0.2) is 36.2 Å². The van der Waals surface area contributed by atoms with Crippen LogP contribution >= 0.6 is 11.6 Å². The van der Waals surface area contributed by atoms with Gasteiger partial charge in [-0.15, -0.1) is 0 Å². The Morgan fingerprint density at radius 2 is 1.82 bits per heavy atom. The van der Waals surface area contributed by atoms with E-state index in [1.807, 2.05) is 43.9 Å². The van der Waals surface area contributed by atoms with Gasteiger partial charge in [-0.3, -0.25) is 0 Å². The fourth-order valence-electron chi connectivity index (χ4n) is 3.50. The van der Waals surface area contributed by atoms with Crippen LogP contribution in [0, 0.1) is 5.92 Å². The van der Waals surface area contributed by atoms with Gasteiger partial charge in [0.1, 0.15) is 5.60 Å². The lowest BCUT2D eigenvalue weighted by molar-refractivity contribution is 0.0288. The van der Waals surface area contributed by atoms with Gasteiger partial charge in [0, 0.05) is 36.9 Å². The third-order valence-electron chi connectivity index (χ3n) is 4.82. The number of carbonyl (C=O) groups excluding carboxylic acids is 1. The topological polar surface area (TPSA) is 32.8 Å². The summed E-state index contributed by atoms with van der Waals surface area (Å²) in [6.45, 7) is 8.90. The third kappa shape index (κ3) is 5.90. The number of carbonyl (C=O) groups is 1. The number of hydrogen-bond donors (Lipinski definition) is 0. The lowest BCUT2D eigenvalue weighted by Gasteiger charge is -2.28. The van der Waals surface area contributed by atoms with Gasteiger partial charge in [-0.25, -0.2) is 4.79 Å². The fourth-order valence-corrected chi connectivity index (χ4v) is 3.63. The highest BCUT2D eigenvalue weighted by atomic mass is 35.5. The zero-order valence-electron chi connectivity index (χ0n) is 16.9. The van der Waals surface area contributed by atoms with Crippen molar-refractivity contribution in [2.75, 3.05) is 24.5 Å². The molecule has 28 heavy (non-hydrogen) atoms. The van der Waals surface area contributed by atoms with Crippen molar-refractivity contribution >= 4 is 23.4 Å². The van der Waals surface area contributed by atoms with E-state index in [0.717, 1.165) is 43.3 Å². The summed E-state index contributed by atoms with van der Waals surface area (Å²) in [5.74, 6) is 0.409. The quantitative estimate of drug-likeness (QED) is 0.654. The molecule has 1 aliphatic heterocycles. The van der Waals surface area contributed by atoms with Crippen LogP contribution in [0.1, 0.15) is 32.8 Å². The molecule has 3 rings (SSSR count). The molecule has 0 N–H and O–H groups in total. The molecule has 1 saturated heterocycles. The van der Waals surface area contributed by atoms with Crippen molar-refractivity contribution in [1.82, 2.24) is 4.90 Å². The number of rotatable bonds is 5. The highest BCUT2D eigenvalue weighted by molar-refractivity contribution is 6.30. The van der Waals surface area contributed by atoms with Crippen LogP contribution < -0.4 is 4.90 Å². The van der Waals surface area contributed by atoms with E-state index in [1.54, 1.807) is 0 Å². The molecule has 5 heteroatoms. The van der Waals surface area contributed by atoms with Crippen molar-refractivity contribution in [1.29, 1.82) is 0 Å². The molecule has 0 bridgehead atoms. The molecule has 0 aliphatic carbocycles. The van der Waals surface area contributed by atoms with Gasteiger partial charge in [-0.05, 0) is 62.9 Å². The van der Waals surface area contributed by atoms with Gasteiger partial charge in [0.15, 0.2) is 0 Å². The van der Waals surface area contributed by atoms with E-state index in [2.05, 4.69) is 41.3 Å². The molecule has 2 aromatic rings. The van der Waals surface area contributed by atoms with E-state index in [-0.39, 0.29) is 6.09 Å². The van der Waals surface area contributed by atoms with Crippen molar-refractivity contribution in [3.05, 3.63) is 65.2 Å². The molecule has 0 unspecified atom stereocenters. The van der Waals surface area contributed by atoms with Crippen LogP contribution in [0.5, 0.6) is 0 Å². The molecule has 0 spiro atoms. The Morgan fingerprint density at radius 1 is 1.14 bits per heavy atom. The standard InChI is InChI=1S/C23H29ClN2O2/c1-23(2,3)28-22(27)25-14-13-19(16-25)17-26(15-18-7-5-4-6-8-18)21-11-9-20(24)10-12-21/h4-12,19H,13-17H2,1-3H3/t19-/m0/s1. The number of halogens is 1.